The van der Waals surface area contributed by atoms with E-state index in [9.17, 15) is 14.4 Å². The van der Waals surface area contributed by atoms with E-state index in [4.69, 9.17) is 14.2 Å². The Labute approximate surface area is 477 Å². The number of carbonyl (C=O) groups excluding carboxylic acids is 3. The second kappa shape index (κ2) is 65.1. The molecule has 0 aliphatic heterocycles. The highest BCUT2D eigenvalue weighted by atomic mass is 16.6. The molecule has 0 bridgehead atoms. The average molecular weight is 1070 g/mol. The fourth-order valence-corrected chi connectivity index (χ4v) is 9.40. The van der Waals surface area contributed by atoms with Gasteiger partial charge in [0.1, 0.15) is 13.2 Å². The maximum absolute atomic E-state index is 12.9. The molecule has 0 saturated heterocycles. The van der Waals surface area contributed by atoms with E-state index in [2.05, 4.69) is 106 Å². The molecule has 444 valence electrons. The molecular weight excluding hydrogens is 949 g/mol. The quantitative estimate of drug-likeness (QED) is 0.0261. The van der Waals surface area contributed by atoms with Gasteiger partial charge in [0.05, 0.1) is 0 Å². The Kier molecular flexibility index (Phi) is 62.2. The lowest BCUT2D eigenvalue weighted by atomic mass is 10.1. The van der Waals surface area contributed by atoms with Crippen LogP contribution in [0.25, 0.3) is 0 Å². The van der Waals surface area contributed by atoms with Gasteiger partial charge in [-0.05, 0) is 116 Å². The van der Waals surface area contributed by atoms with E-state index in [-0.39, 0.29) is 31.1 Å². The van der Waals surface area contributed by atoms with Gasteiger partial charge in [-0.15, -0.1) is 0 Å². The molecule has 0 aliphatic carbocycles. The standard InChI is InChI=1S/C71H124O6/c1-4-7-10-13-16-19-22-25-28-30-32-34-35-37-38-40-43-46-49-52-55-58-61-64-70(73)76-67-68(66-75-69(72)63-60-57-54-51-48-45-42-27-24-21-18-15-12-9-6-3)77-71(74)65-62-59-56-53-50-47-44-41-39-36-33-31-29-26-23-20-17-14-11-8-5-2/h7,10,16,19,25,27-28,31-34,37-38,42,68H,4-6,8-9,11-15,17-18,20-24,26,29-30,35-36,39-41,43-67H2,1-3H3/b10-7-,19-16-,28-25-,33-31-,34-32-,38-37-,42-27-. The second-order valence-electron chi connectivity index (χ2n) is 22.0. The molecular formula is C71H124O6. The first-order valence-electron chi connectivity index (χ1n) is 33.1. The molecule has 0 fully saturated rings. The van der Waals surface area contributed by atoms with Gasteiger partial charge in [-0.25, -0.2) is 0 Å². The van der Waals surface area contributed by atoms with Gasteiger partial charge in [-0.2, -0.15) is 0 Å². The number of esters is 3. The SMILES string of the molecule is CC/C=C\C/C=C\C/C=C\C/C=C\C/C=C\CCCCCCCCCC(=O)OCC(COC(=O)CCCCCCC/C=C\CCCCCCCC)OC(=O)CCCCCCCCCCC/C=C\CCCCCCCCCC. The first kappa shape index (κ1) is 73.6. The fourth-order valence-electron chi connectivity index (χ4n) is 9.40. The molecule has 0 radical (unpaired) electrons. The van der Waals surface area contributed by atoms with Crippen LogP contribution in [0.3, 0.4) is 0 Å². The zero-order chi connectivity index (χ0) is 55.7. The lowest BCUT2D eigenvalue weighted by molar-refractivity contribution is -0.167. The third-order valence-corrected chi connectivity index (χ3v) is 14.4. The van der Waals surface area contributed by atoms with Crippen LogP contribution in [0.1, 0.15) is 329 Å². The van der Waals surface area contributed by atoms with Crippen LogP contribution in [0, 0.1) is 0 Å². The number of allylic oxidation sites excluding steroid dienone is 14. The first-order chi connectivity index (χ1) is 38.0. The maximum Gasteiger partial charge on any atom is 0.306 e. The molecule has 0 saturated carbocycles. The highest BCUT2D eigenvalue weighted by molar-refractivity contribution is 5.71. The fraction of sp³-hybridized carbons (Fsp3) is 0.761. The highest BCUT2D eigenvalue weighted by Gasteiger charge is 2.19. The number of rotatable bonds is 60. The Morgan fingerprint density at radius 1 is 0.273 bits per heavy atom. The number of hydrogen-bond donors (Lipinski definition) is 0. The number of hydrogen-bond acceptors (Lipinski definition) is 6. The minimum Gasteiger partial charge on any atom is -0.462 e. The minimum absolute atomic E-state index is 0.0837. The van der Waals surface area contributed by atoms with Crippen molar-refractivity contribution >= 4 is 17.9 Å². The average Bonchev–Trinajstić information content (AvgIpc) is 3.43. The largest absolute Gasteiger partial charge is 0.462 e. The van der Waals surface area contributed by atoms with Gasteiger partial charge in [0.15, 0.2) is 6.10 Å². The summed E-state index contributed by atoms with van der Waals surface area (Å²) in [6.45, 7) is 6.54. The van der Waals surface area contributed by atoms with Crippen LogP contribution < -0.4 is 0 Å². The summed E-state index contributed by atoms with van der Waals surface area (Å²) in [4.78, 5) is 38.4. The normalized spacial score (nSPS) is 12.6. The van der Waals surface area contributed by atoms with Crippen LogP contribution in [0.5, 0.6) is 0 Å². The van der Waals surface area contributed by atoms with Crippen molar-refractivity contribution in [3.05, 3.63) is 85.1 Å². The van der Waals surface area contributed by atoms with E-state index in [1.165, 1.54) is 186 Å². The molecule has 6 nitrogen and oxygen atoms in total. The number of carbonyl (C=O) groups is 3. The molecule has 1 atom stereocenters. The summed E-state index contributed by atoms with van der Waals surface area (Å²) in [5.74, 6) is -0.890. The monoisotopic (exact) mass is 1070 g/mol. The van der Waals surface area contributed by atoms with Gasteiger partial charge < -0.3 is 14.2 Å². The summed E-state index contributed by atoms with van der Waals surface area (Å²) in [6, 6.07) is 0. The molecule has 0 N–H and O–H groups in total. The van der Waals surface area contributed by atoms with Crippen molar-refractivity contribution in [2.75, 3.05) is 13.2 Å². The zero-order valence-corrected chi connectivity index (χ0v) is 51.0. The molecule has 0 aliphatic rings. The third kappa shape index (κ3) is 63.3. The Hall–Kier alpha value is -3.41. The van der Waals surface area contributed by atoms with E-state index in [0.29, 0.717) is 19.3 Å². The summed E-state index contributed by atoms with van der Waals surface area (Å²) in [5.41, 5.74) is 0. The number of unbranched alkanes of at least 4 members (excludes halogenated alkanes) is 35. The van der Waals surface area contributed by atoms with E-state index in [1.54, 1.807) is 0 Å². The van der Waals surface area contributed by atoms with Crippen molar-refractivity contribution in [2.45, 2.75) is 335 Å². The Bertz CT molecular complexity index is 1470. The Balaban J connectivity index is 4.38. The summed E-state index contributed by atoms with van der Waals surface area (Å²) in [6.07, 6.45) is 85.9. The van der Waals surface area contributed by atoms with Crippen LogP contribution in [0.4, 0.5) is 0 Å². The van der Waals surface area contributed by atoms with Gasteiger partial charge in [0, 0.05) is 19.3 Å². The van der Waals surface area contributed by atoms with E-state index in [0.717, 1.165) is 103 Å². The summed E-state index contributed by atoms with van der Waals surface area (Å²) in [7, 11) is 0. The van der Waals surface area contributed by atoms with Gasteiger partial charge in [-0.3, -0.25) is 14.4 Å². The summed E-state index contributed by atoms with van der Waals surface area (Å²) >= 11 is 0. The van der Waals surface area contributed by atoms with Crippen LogP contribution in [0.2, 0.25) is 0 Å². The molecule has 0 heterocycles. The summed E-state index contributed by atoms with van der Waals surface area (Å²) < 4.78 is 16.9. The van der Waals surface area contributed by atoms with Crippen molar-refractivity contribution in [1.82, 2.24) is 0 Å². The van der Waals surface area contributed by atoms with E-state index >= 15 is 0 Å². The van der Waals surface area contributed by atoms with E-state index < -0.39 is 6.10 Å². The molecule has 0 rings (SSSR count). The maximum atomic E-state index is 12.9. The topological polar surface area (TPSA) is 78.9 Å². The van der Waals surface area contributed by atoms with Crippen LogP contribution >= 0.6 is 0 Å². The van der Waals surface area contributed by atoms with Gasteiger partial charge in [0.25, 0.3) is 0 Å². The smallest absolute Gasteiger partial charge is 0.306 e. The predicted molar refractivity (Wildman–Crippen MR) is 334 cm³/mol. The molecule has 0 aromatic rings. The second-order valence-corrected chi connectivity index (χ2v) is 22.0. The third-order valence-electron chi connectivity index (χ3n) is 14.4. The van der Waals surface area contributed by atoms with Crippen LogP contribution in [-0.4, -0.2) is 37.2 Å². The van der Waals surface area contributed by atoms with Crippen molar-refractivity contribution in [3.8, 4) is 0 Å². The first-order valence-corrected chi connectivity index (χ1v) is 33.1. The van der Waals surface area contributed by atoms with Crippen LogP contribution in [0.15, 0.2) is 85.1 Å². The van der Waals surface area contributed by atoms with Gasteiger partial charge >= 0.3 is 17.9 Å². The number of ether oxygens (including phenoxy) is 3. The van der Waals surface area contributed by atoms with Crippen molar-refractivity contribution in [2.24, 2.45) is 0 Å². The minimum atomic E-state index is -0.787. The van der Waals surface area contributed by atoms with Crippen molar-refractivity contribution < 1.29 is 28.6 Å². The lowest BCUT2D eigenvalue weighted by Gasteiger charge is -2.18. The molecule has 0 spiro atoms. The predicted octanol–water partition coefficient (Wildman–Crippen LogP) is 22.7. The van der Waals surface area contributed by atoms with Gasteiger partial charge in [-0.1, -0.05) is 279 Å². The zero-order valence-electron chi connectivity index (χ0n) is 51.0. The highest BCUT2D eigenvalue weighted by Crippen LogP contribution is 2.16. The van der Waals surface area contributed by atoms with Gasteiger partial charge in [0.2, 0.25) is 0 Å². The molecule has 0 amide bonds. The van der Waals surface area contributed by atoms with Crippen LogP contribution in [-0.2, 0) is 28.6 Å². The van der Waals surface area contributed by atoms with Crippen molar-refractivity contribution in [1.29, 1.82) is 0 Å². The molecule has 77 heavy (non-hydrogen) atoms. The lowest BCUT2D eigenvalue weighted by Crippen LogP contribution is -2.30. The molecule has 0 aromatic carbocycles. The Morgan fingerprint density at radius 3 is 0.805 bits per heavy atom. The molecule has 1 unspecified atom stereocenters. The molecule has 0 aromatic heterocycles. The van der Waals surface area contributed by atoms with E-state index in [1.807, 2.05) is 0 Å². The Morgan fingerprint density at radius 2 is 0.506 bits per heavy atom. The summed E-state index contributed by atoms with van der Waals surface area (Å²) in [5, 5.41) is 0. The molecule has 6 heteroatoms. The van der Waals surface area contributed by atoms with Crippen molar-refractivity contribution in [3.63, 3.8) is 0 Å².